The average Bonchev–Trinajstić information content (AvgIpc) is 2.94. The summed E-state index contributed by atoms with van der Waals surface area (Å²) in [5, 5.41) is 17.0. The molecule has 0 bridgehead atoms. The second-order valence-corrected chi connectivity index (χ2v) is 4.85. The third-order valence-corrected chi connectivity index (χ3v) is 3.22. The van der Waals surface area contributed by atoms with Crippen LogP contribution in [0, 0.1) is 0 Å². The normalized spacial score (nSPS) is 10.6. The van der Waals surface area contributed by atoms with Gasteiger partial charge >= 0.3 is 5.97 Å². The number of nitrogens with zero attached hydrogens (tertiary/aromatic N) is 3. The van der Waals surface area contributed by atoms with Crippen molar-refractivity contribution < 1.29 is 19.4 Å². The topological polar surface area (TPSA) is 86.5 Å². The number of ether oxygens (including phenoxy) is 2. The maximum absolute atomic E-state index is 11.3. The highest BCUT2D eigenvalue weighted by Crippen LogP contribution is 2.30. The first-order chi connectivity index (χ1) is 11.1. The van der Waals surface area contributed by atoms with E-state index in [0.717, 1.165) is 6.42 Å². The standard InChI is InChI=1S/C16H21N3O4/c1-4-7-12-15(16(20)21)17-18-19(12)11-8-9-13(22-5-2)14(10-11)23-6-3/h8-10H,4-7H2,1-3H3,(H,20,21). The lowest BCUT2D eigenvalue weighted by Crippen LogP contribution is -2.07. The summed E-state index contributed by atoms with van der Waals surface area (Å²) in [6.07, 6.45) is 1.37. The van der Waals surface area contributed by atoms with E-state index in [4.69, 9.17) is 9.47 Å². The van der Waals surface area contributed by atoms with E-state index < -0.39 is 5.97 Å². The quantitative estimate of drug-likeness (QED) is 0.805. The van der Waals surface area contributed by atoms with Gasteiger partial charge in [-0.05, 0) is 32.4 Å². The Bertz CT molecular complexity index is 682. The lowest BCUT2D eigenvalue weighted by atomic mass is 10.2. The number of carbonyl (C=O) groups is 1. The SMILES string of the molecule is CCCc1c(C(=O)O)nnn1-c1ccc(OCC)c(OCC)c1. The molecule has 0 saturated heterocycles. The maximum Gasteiger partial charge on any atom is 0.358 e. The van der Waals surface area contributed by atoms with Crippen LogP contribution in [0.5, 0.6) is 11.5 Å². The van der Waals surface area contributed by atoms with E-state index in [1.807, 2.05) is 26.8 Å². The first-order valence-corrected chi connectivity index (χ1v) is 7.70. The van der Waals surface area contributed by atoms with Crippen molar-refractivity contribution in [2.24, 2.45) is 0 Å². The monoisotopic (exact) mass is 319 g/mol. The Kier molecular flexibility index (Phi) is 5.56. The molecule has 1 heterocycles. The Morgan fingerprint density at radius 2 is 1.87 bits per heavy atom. The number of carboxylic acids is 1. The minimum Gasteiger partial charge on any atom is -0.490 e. The molecule has 0 aliphatic rings. The fourth-order valence-corrected chi connectivity index (χ4v) is 2.31. The molecule has 0 radical (unpaired) electrons. The summed E-state index contributed by atoms with van der Waals surface area (Å²) in [7, 11) is 0. The van der Waals surface area contributed by atoms with E-state index in [1.165, 1.54) is 0 Å². The van der Waals surface area contributed by atoms with Crippen LogP contribution in [0.2, 0.25) is 0 Å². The maximum atomic E-state index is 11.3. The summed E-state index contributed by atoms with van der Waals surface area (Å²) in [5.41, 5.74) is 1.26. The summed E-state index contributed by atoms with van der Waals surface area (Å²) in [6.45, 7) is 6.81. The molecule has 1 aromatic heterocycles. The van der Waals surface area contributed by atoms with E-state index in [9.17, 15) is 9.90 Å². The first kappa shape index (κ1) is 16.8. The van der Waals surface area contributed by atoms with Crippen LogP contribution in [0.4, 0.5) is 0 Å². The zero-order chi connectivity index (χ0) is 16.8. The largest absolute Gasteiger partial charge is 0.490 e. The molecule has 7 nitrogen and oxygen atoms in total. The lowest BCUT2D eigenvalue weighted by Gasteiger charge is -2.13. The average molecular weight is 319 g/mol. The van der Waals surface area contributed by atoms with Crippen molar-refractivity contribution in [2.75, 3.05) is 13.2 Å². The second kappa shape index (κ2) is 7.62. The van der Waals surface area contributed by atoms with Crippen LogP contribution >= 0.6 is 0 Å². The molecule has 0 aliphatic heterocycles. The van der Waals surface area contributed by atoms with Gasteiger partial charge in [0.15, 0.2) is 17.2 Å². The highest BCUT2D eigenvalue weighted by molar-refractivity contribution is 5.86. The van der Waals surface area contributed by atoms with Crippen LogP contribution in [0.25, 0.3) is 5.69 Å². The van der Waals surface area contributed by atoms with Gasteiger partial charge in [0.1, 0.15) is 0 Å². The van der Waals surface area contributed by atoms with Crippen LogP contribution in [-0.4, -0.2) is 39.3 Å². The Morgan fingerprint density at radius 1 is 1.17 bits per heavy atom. The summed E-state index contributed by atoms with van der Waals surface area (Å²) < 4.78 is 12.7. The molecule has 0 amide bonds. The van der Waals surface area contributed by atoms with E-state index >= 15 is 0 Å². The van der Waals surface area contributed by atoms with Gasteiger partial charge in [-0.15, -0.1) is 5.10 Å². The molecule has 2 rings (SSSR count). The second-order valence-electron chi connectivity index (χ2n) is 4.85. The zero-order valence-corrected chi connectivity index (χ0v) is 13.6. The molecule has 1 aromatic carbocycles. The Balaban J connectivity index is 2.49. The van der Waals surface area contributed by atoms with Crippen molar-refractivity contribution in [1.82, 2.24) is 15.0 Å². The number of aromatic nitrogens is 3. The van der Waals surface area contributed by atoms with Gasteiger partial charge in [0.2, 0.25) is 0 Å². The van der Waals surface area contributed by atoms with Gasteiger partial charge < -0.3 is 14.6 Å². The Labute approximate surface area is 134 Å². The van der Waals surface area contributed by atoms with Gasteiger partial charge in [0, 0.05) is 6.07 Å². The van der Waals surface area contributed by atoms with Crippen molar-refractivity contribution >= 4 is 5.97 Å². The number of hydrogen-bond acceptors (Lipinski definition) is 5. The molecule has 124 valence electrons. The number of rotatable bonds is 8. The third kappa shape index (κ3) is 3.61. The molecule has 0 unspecified atom stereocenters. The summed E-state index contributed by atoms with van der Waals surface area (Å²) in [4.78, 5) is 11.3. The first-order valence-electron chi connectivity index (χ1n) is 7.70. The number of hydrogen-bond donors (Lipinski definition) is 1. The van der Waals surface area contributed by atoms with E-state index in [0.29, 0.717) is 42.5 Å². The van der Waals surface area contributed by atoms with Crippen LogP contribution in [0.3, 0.4) is 0 Å². The van der Waals surface area contributed by atoms with Crippen molar-refractivity contribution in [2.45, 2.75) is 33.6 Å². The molecule has 0 spiro atoms. The molecule has 1 N–H and O–H groups in total. The Hall–Kier alpha value is -2.57. The number of carboxylic acid groups (broad SMARTS) is 1. The van der Waals surface area contributed by atoms with Crippen molar-refractivity contribution in [1.29, 1.82) is 0 Å². The molecule has 0 fully saturated rings. The minimum absolute atomic E-state index is 0.0151. The van der Waals surface area contributed by atoms with Crippen LogP contribution in [-0.2, 0) is 6.42 Å². The molecule has 0 atom stereocenters. The Morgan fingerprint density at radius 3 is 2.48 bits per heavy atom. The molecule has 0 saturated carbocycles. The molecular weight excluding hydrogens is 298 g/mol. The van der Waals surface area contributed by atoms with E-state index in [2.05, 4.69) is 10.3 Å². The lowest BCUT2D eigenvalue weighted by molar-refractivity contribution is 0.0689. The summed E-state index contributed by atoms with van der Waals surface area (Å²) in [6, 6.07) is 5.39. The predicted octanol–water partition coefficient (Wildman–Crippen LogP) is 2.72. The highest BCUT2D eigenvalue weighted by atomic mass is 16.5. The van der Waals surface area contributed by atoms with Gasteiger partial charge in [-0.1, -0.05) is 18.6 Å². The van der Waals surface area contributed by atoms with E-state index in [-0.39, 0.29) is 5.69 Å². The van der Waals surface area contributed by atoms with Gasteiger partial charge in [-0.2, -0.15) is 0 Å². The molecule has 23 heavy (non-hydrogen) atoms. The number of aromatic carboxylic acids is 1. The summed E-state index contributed by atoms with van der Waals surface area (Å²) in [5.74, 6) is 0.172. The zero-order valence-electron chi connectivity index (χ0n) is 13.6. The van der Waals surface area contributed by atoms with Crippen molar-refractivity contribution in [3.63, 3.8) is 0 Å². The minimum atomic E-state index is -1.07. The van der Waals surface area contributed by atoms with E-state index in [1.54, 1.807) is 16.8 Å². The fourth-order valence-electron chi connectivity index (χ4n) is 2.31. The number of benzene rings is 1. The fraction of sp³-hybridized carbons (Fsp3) is 0.438. The van der Waals surface area contributed by atoms with Gasteiger partial charge in [0.25, 0.3) is 0 Å². The highest BCUT2D eigenvalue weighted by Gasteiger charge is 2.20. The molecule has 2 aromatic rings. The predicted molar refractivity (Wildman–Crippen MR) is 84.7 cm³/mol. The van der Waals surface area contributed by atoms with Crippen molar-refractivity contribution in [3.05, 3.63) is 29.6 Å². The smallest absolute Gasteiger partial charge is 0.358 e. The van der Waals surface area contributed by atoms with Crippen LogP contribution in [0.1, 0.15) is 43.4 Å². The van der Waals surface area contributed by atoms with Gasteiger partial charge in [0.05, 0.1) is 24.6 Å². The van der Waals surface area contributed by atoms with Gasteiger partial charge in [-0.3, -0.25) is 0 Å². The summed E-state index contributed by atoms with van der Waals surface area (Å²) >= 11 is 0. The van der Waals surface area contributed by atoms with Crippen LogP contribution < -0.4 is 9.47 Å². The molecular formula is C16H21N3O4. The van der Waals surface area contributed by atoms with Crippen LogP contribution in [0.15, 0.2) is 18.2 Å². The van der Waals surface area contributed by atoms with Crippen molar-refractivity contribution in [3.8, 4) is 17.2 Å². The molecule has 7 heteroatoms. The third-order valence-electron chi connectivity index (χ3n) is 3.22. The van der Waals surface area contributed by atoms with Gasteiger partial charge in [-0.25, -0.2) is 9.48 Å². The molecule has 0 aliphatic carbocycles.